The Hall–Kier alpha value is -1.10. The van der Waals surface area contributed by atoms with Gasteiger partial charge in [-0.05, 0) is 19.3 Å². The number of hydrogen-bond donors (Lipinski definition) is 1. The first-order valence-electron chi connectivity index (χ1n) is 6.13. The summed E-state index contributed by atoms with van der Waals surface area (Å²) in [6.45, 7) is 2.12. The average molecular weight is 278 g/mol. The Morgan fingerprint density at radius 1 is 1.44 bits per heavy atom. The van der Waals surface area contributed by atoms with E-state index in [4.69, 9.17) is 16.7 Å². The summed E-state index contributed by atoms with van der Waals surface area (Å²) in [7, 11) is 0. The second-order valence-electron chi connectivity index (χ2n) is 4.17. The summed E-state index contributed by atoms with van der Waals surface area (Å²) in [6.07, 6.45) is 7.86. The molecule has 0 saturated heterocycles. The number of carboxylic acids is 1. The number of unbranched alkanes of at least 4 members (excludes halogenated alkanes) is 3. The minimum atomic E-state index is -1.23. The van der Waals surface area contributed by atoms with Crippen LogP contribution < -0.4 is 0 Å². The van der Waals surface area contributed by atoms with Crippen LogP contribution in [0.3, 0.4) is 0 Å². The van der Waals surface area contributed by atoms with Crippen molar-refractivity contribution < 1.29 is 14.8 Å². The lowest BCUT2D eigenvalue weighted by molar-refractivity contribution is -0.521. The van der Waals surface area contributed by atoms with E-state index in [-0.39, 0.29) is 0 Å². The highest BCUT2D eigenvalue weighted by molar-refractivity contribution is 6.21. The van der Waals surface area contributed by atoms with Crippen molar-refractivity contribution in [3.8, 4) is 0 Å². The molecular formula is C12H20ClNO4. The van der Waals surface area contributed by atoms with Crippen molar-refractivity contribution in [1.29, 1.82) is 0 Å². The number of carboxylic acid groups (broad SMARTS) is 1. The van der Waals surface area contributed by atoms with Gasteiger partial charge in [0.05, 0.1) is 0 Å². The third-order valence-corrected chi connectivity index (χ3v) is 3.04. The molecule has 0 amide bonds. The first kappa shape index (κ1) is 16.9. The largest absolute Gasteiger partial charge is 0.481 e. The summed E-state index contributed by atoms with van der Waals surface area (Å²) < 4.78 is 0. The van der Waals surface area contributed by atoms with E-state index in [1.807, 2.05) is 6.08 Å². The number of carbonyl (C=O) groups is 1. The molecule has 0 aliphatic rings. The van der Waals surface area contributed by atoms with Gasteiger partial charge in [-0.1, -0.05) is 31.9 Å². The number of aliphatic carboxylic acids is 1. The lowest BCUT2D eigenvalue weighted by atomic mass is 10.1. The van der Waals surface area contributed by atoms with Crippen LogP contribution in [-0.4, -0.2) is 27.4 Å². The molecule has 104 valence electrons. The fraction of sp³-hybridized carbons (Fsp3) is 0.750. The van der Waals surface area contributed by atoms with Crippen LogP contribution in [0.5, 0.6) is 0 Å². The van der Waals surface area contributed by atoms with Crippen LogP contribution in [0.15, 0.2) is 12.2 Å². The fourth-order valence-corrected chi connectivity index (χ4v) is 1.81. The zero-order valence-electron chi connectivity index (χ0n) is 10.5. The molecule has 0 aromatic carbocycles. The minimum Gasteiger partial charge on any atom is -0.481 e. The molecule has 0 bridgehead atoms. The van der Waals surface area contributed by atoms with E-state index in [2.05, 4.69) is 6.92 Å². The van der Waals surface area contributed by atoms with Crippen molar-refractivity contribution in [3.63, 3.8) is 0 Å². The summed E-state index contributed by atoms with van der Waals surface area (Å²) in [4.78, 5) is 20.6. The maximum absolute atomic E-state index is 10.7. The molecule has 0 aromatic heterocycles. The Balaban J connectivity index is 4.06. The quantitative estimate of drug-likeness (QED) is 0.218. The molecule has 6 heteroatoms. The predicted octanol–water partition coefficient (Wildman–Crippen LogP) is 3.24. The highest BCUT2D eigenvalue weighted by Crippen LogP contribution is 2.15. The molecular weight excluding hydrogens is 258 g/mol. The van der Waals surface area contributed by atoms with E-state index in [0.29, 0.717) is 6.42 Å². The van der Waals surface area contributed by atoms with Gasteiger partial charge >= 0.3 is 5.97 Å². The van der Waals surface area contributed by atoms with E-state index in [9.17, 15) is 14.9 Å². The average Bonchev–Trinajstić information content (AvgIpc) is 2.29. The Morgan fingerprint density at radius 3 is 2.61 bits per heavy atom. The van der Waals surface area contributed by atoms with Crippen molar-refractivity contribution >= 4 is 17.6 Å². The van der Waals surface area contributed by atoms with Gasteiger partial charge in [-0.2, -0.15) is 0 Å². The van der Waals surface area contributed by atoms with Gasteiger partial charge in [0.2, 0.25) is 6.04 Å². The standard InChI is InChI=1S/C12H20ClNO4/c1-2-3-4-5-6-7-8-10(13)11(14(17)18)9-12(15)16/h6-7,10-11H,2-5,8-9H2,1H3,(H,15,16)/b7-6-. The fourth-order valence-electron chi connectivity index (χ4n) is 1.53. The summed E-state index contributed by atoms with van der Waals surface area (Å²) in [6, 6.07) is -1.23. The van der Waals surface area contributed by atoms with Crippen LogP contribution in [0.25, 0.3) is 0 Å². The van der Waals surface area contributed by atoms with E-state index in [1.165, 1.54) is 0 Å². The number of hydrogen-bond acceptors (Lipinski definition) is 3. The van der Waals surface area contributed by atoms with Crippen molar-refractivity contribution in [2.75, 3.05) is 0 Å². The number of nitrogens with zero attached hydrogens (tertiary/aromatic N) is 1. The second-order valence-corrected chi connectivity index (χ2v) is 4.73. The molecule has 1 N–H and O–H groups in total. The second kappa shape index (κ2) is 9.88. The summed E-state index contributed by atoms with van der Waals surface area (Å²) >= 11 is 5.87. The van der Waals surface area contributed by atoms with Gasteiger partial charge < -0.3 is 5.11 Å². The van der Waals surface area contributed by atoms with Crippen LogP contribution in [0.1, 0.15) is 45.4 Å². The van der Waals surface area contributed by atoms with Crippen LogP contribution >= 0.6 is 11.6 Å². The number of nitro groups is 1. The molecule has 2 unspecified atom stereocenters. The molecule has 0 rings (SSSR count). The van der Waals surface area contributed by atoms with Gasteiger partial charge in [-0.25, -0.2) is 0 Å². The molecule has 0 radical (unpaired) electrons. The summed E-state index contributed by atoms with van der Waals surface area (Å²) in [5, 5.41) is 18.5. The minimum absolute atomic E-state index is 0.326. The zero-order valence-corrected chi connectivity index (χ0v) is 11.3. The molecule has 0 heterocycles. The Morgan fingerprint density at radius 2 is 2.11 bits per heavy atom. The SMILES string of the molecule is CCCCC/C=C\CC(Cl)C(CC(=O)O)[N+](=O)[O-]. The Labute approximate surface area is 112 Å². The topological polar surface area (TPSA) is 80.4 Å². The van der Waals surface area contributed by atoms with Gasteiger partial charge in [0.1, 0.15) is 11.8 Å². The molecule has 2 atom stereocenters. The maximum Gasteiger partial charge on any atom is 0.310 e. The molecule has 0 fully saturated rings. The number of rotatable bonds is 10. The molecule has 5 nitrogen and oxygen atoms in total. The van der Waals surface area contributed by atoms with Gasteiger partial charge in [-0.15, -0.1) is 11.6 Å². The normalized spacial score (nSPS) is 14.6. The molecule has 18 heavy (non-hydrogen) atoms. The third kappa shape index (κ3) is 8.06. The molecule has 0 aliphatic heterocycles. The van der Waals surface area contributed by atoms with Gasteiger partial charge in [0.25, 0.3) is 0 Å². The van der Waals surface area contributed by atoms with Crippen molar-refractivity contribution in [2.45, 2.75) is 56.9 Å². The van der Waals surface area contributed by atoms with E-state index in [1.54, 1.807) is 6.08 Å². The monoisotopic (exact) mass is 277 g/mol. The van der Waals surface area contributed by atoms with Crippen LogP contribution in [0.2, 0.25) is 0 Å². The van der Waals surface area contributed by atoms with Crippen LogP contribution in [0.4, 0.5) is 0 Å². The maximum atomic E-state index is 10.7. The number of alkyl halides is 1. The zero-order chi connectivity index (χ0) is 14.0. The molecule has 0 spiro atoms. The highest BCUT2D eigenvalue weighted by Gasteiger charge is 2.31. The highest BCUT2D eigenvalue weighted by atomic mass is 35.5. The van der Waals surface area contributed by atoms with Crippen LogP contribution in [0, 0.1) is 10.1 Å². The predicted molar refractivity (Wildman–Crippen MR) is 70.6 cm³/mol. The first-order chi connectivity index (χ1) is 8.49. The van der Waals surface area contributed by atoms with Gasteiger partial charge in [0, 0.05) is 4.92 Å². The first-order valence-corrected chi connectivity index (χ1v) is 6.57. The smallest absolute Gasteiger partial charge is 0.310 e. The van der Waals surface area contributed by atoms with Crippen molar-refractivity contribution in [1.82, 2.24) is 0 Å². The Bertz CT molecular complexity index is 294. The summed E-state index contributed by atoms with van der Waals surface area (Å²) in [5.74, 6) is -1.20. The molecule has 0 aliphatic carbocycles. The molecule has 0 saturated carbocycles. The number of halogens is 1. The van der Waals surface area contributed by atoms with E-state index < -0.39 is 28.7 Å². The number of allylic oxidation sites excluding steroid dienone is 2. The van der Waals surface area contributed by atoms with Crippen LogP contribution in [-0.2, 0) is 4.79 Å². The third-order valence-electron chi connectivity index (χ3n) is 2.57. The van der Waals surface area contributed by atoms with E-state index >= 15 is 0 Å². The van der Waals surface area contributed by atoms with E-state index in [0.717, 1.165) is 25.7 Å². The van der Waals surface area contributed by atoms with Gasteiger partial charge in [0.15, 0.2) is 0 Å². The van der Waals surface area contributed by atoms with Gasteiger partial charge in [-0.3, -0.25) is 14.9 Å². The van der Waals surface area contributed by atoms with Crippen molar-refractivity contribution in [2.24, 2.45) is 0 Å². The Kier molecular flexibility index (Phi) is 9.28. The lowest BCUT2D eigenvalue weighted by Gasteiger charge is -2.11. The van der Waals surface area contributed by atoms with Crippen molar-refractivity contribution in [3.05, 3.63) is 22.3 Å². The summed E-state index contributed by atoms with van der Waals surface area (Å²) in [5.41, 5.74) is 0. The lowest BCUT2D eigenvalue weighted by Crippen LogP contribution is -2.32. The molecule has 0 aromatic rings.